The number of ether oxygens (including phenoxy) is 1. The second-order valence-corrected chi connectivity index (χ2v) is 5.84. The van der Waals surface area contributed by atoms with E-state index < -0.39 is 23.5 Å². The molecule has 4 heteroatoms. The summed E-state index contributed by atoms with van der Waals surface area (Å²) in [5.74, 6) is -1.89. The van der Waals surface area contributed by atoms with E-state index in [1.54, 1.807) is 20.8 Å². The average molecular weight is 244 g/mol. The maximum absolute atomic E-state index is 11.6. The summed E-state index contributed by atoms with van der Waals surface area (Å²) in [5.41, 5.74) is -0.568. The zero-order chi connectivity index (χ0) is 13.8. The Bertz CT molecular complexity index is 276. The summed E-state index contributed by atoms with van der Waals surface area (Å²) in [5, 5.41) is 9.13. The van der Waals surface area contributed by atoms with Gasteiger partial charge in [0.1, 0.15) is 5.60 Å². The number of carbonyl (C=O) groups is 2. The van der Waals surface area contributed by atoms with Crippen molar-refractivity contribution in [3.05, 3.63) is 0 Å². The van der Waals surface area contributed by atoms with E-state index in [2.05, 4.69) is 0 Å². The van der Waals surface area contributed by atoms with Gasteiger partial charge in [-0.3, -0.25) is 9.59 Å². The summed E-state index contributed by atoms with van der Waals surface area (Å²) < 4.78 is 5.15. The standard InChI is InChI=1S/C13H24O4/c1-8(2)9(3)10(12(15)16)7-11(14)17-13(4,5)6/h8-10H,7H2,1-6H3,(H,15,16)/t9-,10-/m0/s1. The quantitative estimate of drug-likeness (QED) is 0.755. The molecule has 0 heterocycles. The molecule has 0 aliphatic rings. The fourth-order valence-corrected chi connectivity index (χ4v) is 1.53. The van der Waals surface area contributed by atoms with Crippen LogP contribution in [-0.2, 0) is 14.3 Å². The van der Waals surface area contributed by atoms with Gasteiger partial charge >= 0.3 is 11.9 Å². The summed E-state index contributed by atoms with van der Waals surface area (Å²) in [6.07, 6.45) is -0.0635. The van der Waals surface area contributed by atoms with Gasteiger partial charge in [0.2, 0.25) is 0 Å². The average Bonchev–Trinajstić information content (AvgIpc) is 2.09. The highest BCUT2D eigenvalue weighted by Crippen LogP contribution is 2.25. The number of carbonyl (C=O) groups excluding carboxylic acids is 1. The van der Waals surface area contributed by atoms with Crippen LogP contribution in [0.1, 0.15) is 48.0 Å². The van der Waals surface area contributed by atoms with Crippen LogP contribution in [-0.4, -0.2) is 22.6 Å². The number of carboxylic acid groups (broad SMARTS) is 1. The van der Waals surface area contributed by atoms with Crippen molar-refractivity contribution >= 4 is 11.9 Å². The molecule has 0 fully saturated rings. The highest BCUT2D eigenvalue weighted by Gasteiger charge is 2.31. The molecule has 0 amide bonds. The lowest BCUT2D eigenvalue weighted by Crippen LogP contribution is -2.31. The van der Waals surface area contributed by atoms with Crippen LogP contribution in [0, 0.1) is 17.8 Å². The minimum Gasteiger partial charge on any atom is -0.481 e. The van der Waals surface area contributed by atoms with Gasteiger partial charge in [-0.1, -0.05) is 20.8 Å². The first-order valence-corrected chi connectivity index (χ1v) is 5.99. The van der Waals surface area contributed by atoms with E-state index in [-0.39, 0.29) is 18.3 Å². The number of hydrogen-bond acceptors (Lipinski definition) is 3. The normalized spacial score (nSPS) is 15.5. The van der Waals surface area contributed by atoms with Gasteiger partial charge in [-0.15, -0.1) is 0 Å². The van der Waals surface area contributed by atoms with E-state index in [0.717, 1.165) is 0 Å². The first-order chi connectivity index (χ1) is 7.54. The summed E-state index contributed by atoms with van der Waals surface area (Å²) in [4.78, 5) is 22.8. The first-order valence-electron chi connectivity index (χ1n) is 5.99. The number of carboxylic acids is 1. The SMILES string of the molecule is CC(C)[C@H](C)[C@H](CC(=O)OC(C)(C)C)C(=O)O. The van der Waals surface area contributed by atoms with Crippen molar-refractivity contribution in [1.82, 2.24) is 0 Å². The van der Waals surface area contributed by atoms with Gasteiger partial charge in [0, 0.05) is 0 Å². The molecule has 0 aliphatic heterocycles. The number of rotatable bonds is 5. The van der Waals surface area contributed by atoms with Crippen molar-refractivity contribution in [1.29, 1.82) is 0 Å². The highest BCUT2D eigenvalue weighted by atomic mass is 16.6. The molecular formula is C13H24O4. The Morgan fingerprint density at radius 3 is 1.94 bits per heavy atom. The van der Waals surface area contributed by atoms with Gasteiger partial charge in [-0.25, -0.2) is 0 Å². The molecule has 0 saturated heterocycles. The Labute approximate surface area is 103 Å². The van der Waals surface area contributed by atoms with Gasteiger partial charge in [0.25, 0.3) is 0 Å². The van der Waals surface area contributed by atoms with E-state index >= 15 is 0 Å². The minimum absolute atomic E-state index is 0.0555. The number of aliphatic carboxylic acids is 1. The van der Waals surface area contributed by atoms with Crippen molar-refractivity contribution in [3.8, 4) is 0 Å². The zero-order valence-corrected chi connectivity index (χ0v) is 11.6. The van der Waals surface area contributed by atoms with E-state index in [0.29, 0.717) is 0 Å². The molecule has 4 nitrogen and oxygen atoms in total. The van der Waals surface area contributed by atoms with Crippen molar-refractivity contribution in [3.63, 3.8) is 0 Å². The Kier molecular flexibility index (Phi) is 5.66. The second kappa shape index (κ2) is 6.03. The van der Waals surface area contributed by atoms with Crippen LogP contribution in [0.5, 0.6) is 0 Å². The lowest BCUT2D eigenvalue weighted by molar-refractivity contribution is -0.161. The third-order valence-electron chi connectivity index (χ3n) is 2.81. The molecule has 0 aromatic carbocycles. The molecule has 1 N–H and O–H groups in total. The van der Waals surface area contributed by atoms with Crippen LogP contribution >= 0.6 is 0 Å². The second-order valence-electron chi connectivity index (χ2n) is 5.84. The van der Waals surface area contributed by atoms with Crippen LogP contribution in [0.3, 0.4) is 0 Å². The van der Waals surface area contributed by atoms with Crippen molar-refractivity contribution in [2.45, 2.75) is 53.6 Å². The van der Waals surface area contributed by atoms with Gasteiger partial charge in [-0.05, 0) is 32.6 Å². The molecule has 0 rings (SSSR count). The lowest BCUT2D eigenvalue weighted by Gasteiger charge is -2.25. The topological polar surface area (TPSA) is 63.6 Å². The van der Waals surface area contributed by atoms with Gasteiger partial charge in [0.05, 0.1) is 12.3 Å². The molecule has 0 spiro atoms. The van der Waals surface area contributed by atoms with E-state index in [1.165, 1.54) is 0 Å². The largest absolute Gasteiger partial charge is 0.481 e. The third-order valence-corrected chi connectivity index (χ3v) is 2.81. The maximum atomic E-state index is 11.6. The molecule has 0 unspecified atom stereocenters. The van der Waals surface area contributed by atoms with Crippen LogP contribution in [0.2, 0.25) is 0 Å². The lowest BCUT2D eigenvalue weighted by atomic mass is 9.83. The van der Waals surface area contributed by atoms with E-state index in [1.807, 2.05) is 20.8 Å². The molecule has 2 atom stereocenters. The Morgan fingerprint density at radius 2 is 1.65 bits per heavy atom. The molecule has 0 bridgehead atoms. The van der Waals surface area contributed by atoms with Gasteiger partial charge < -0.3 is 9.84 Å². The molecule has 0 aromatic rings. The van der Waals surface area contributed by atoms with Crippen LogP contribution in [0.25, 0.3) is 0 Å². The Hall–Kier alpha value is -1.06. The summed E-state index contributed by atoms with van der Waals surface area (Å²) in [7, 11) is 0. The van der Waals surface area contributed by atoms with Gasteiger partial charge in [-0.2, -0.15) is 0 Å². The monoisotopic (exact) mass is 244 g/mol. The Balaban J connectivity index is 4.57. The molecule has 0 aromatic heterocycles. The van der Waals surface area contributed by atoms with Crippen LogP contribution < -0.4 is 0 Å². The highest BCUT2D eigenvalue weighted by molar-refractivity contribution is 5.79. The summed E-state index contributed by atoms with van der Waals surface area (Å²) in [6.45, 7) is 11.1. The summed E-state index contributed by atoms with van der Waals surface area (Å²) >= 11 is 0. The minimum atomic E-state index is -0.933. The fraction of sp³-hybridized carbons (Fsp3) is 0.846. The molecule has 0 aliphatic carbocycles. The third kappa shape index (κ3) is 6.29. The van der Waals surface area contributed by atoms with E-state index in [9.17, 15) is 9.59 Å². The molecule has 0 radical (unpaired) electrons. The van der Waals surface area contributed by atoms with E-state index in [4.69, 9.17) is 9.84 Å². The summed E-state index contributed by atoms with van der Waals surface area (Å²) in [6, 6.07) is 0. The maximum Gasteiger partial charge on any atom is 0.307 e. The van der Waals surface area contributed by atoms with Crippen molar-refractivity contribution < 1.29 is 19.4 Å². The number of hydrogen-bond donors (Lipinski definition) is 1. The predicted molar refractivity (Wildman–Crippen MR) is 65.6 cm³/mol. The fourth-order valence-electron chi connectivity index (χ4n) is 1.53. The molecule has 100 valence electrons. The zero-order valence-electron chi connectivity index (χ0n) is 11.6. The predicted octanol–water partition coefficient (Wildman–Crippen LogP) is 2.71. The van der Waals surface area contributed by atoms with Crippen molar-refractivity contribution in [2.75, 3.05) is 0 Å². The van der Waals surface area contributed by atoms with Crippen molar-refractivity contribution in [2.24, 2.45) is 17.8 Å². The molecular weight excluding hydrogens is 220 g/mol. The van der Waals surface area contributed by atoms with Gasteiger partial charge in [0.15, 0.2) is 0 Å². The smallest absolute Gasteiger partial charge is 0.307 e. The van der Waals surface area contributed by atoms with Crippen LogP contribution in [0.15, 0.2) is 0 Å². The van der Waals surface area contributed by atoms with Crippen LogP contribution in [0.4, 0.5) is 0 Å². The Morgan fingerprint density at radius 1 is 1.18 bits per heavy atom. The molecule has 17 heavy (non-hydrogen) atoms. The molecule has 0 saturated carbocycles. The number of esters is 1. The first kappa shape index (κ1) is 15.9.